The van der Waals surface area contributed by atoms with Crippen molar-refractivity contribution in [1.29, 1.82) is 5.26 Å². The molecule has 0 aliphatic rings. The van der Waals surface area contributed by atoms with Gasteiger partial charge in [0.15, 0.2) is 0 Å². The van der Waals surface area contributed by atoms with E-state index in [9.17, 15) is 18.0 Å². The number of alkyl halides is 3. The summed E-state index contributed by atoms with van der Waals surface area (Å²) in [4.78, 5) is 14.7. The van der Waals surface area contributed by atoms with Crippen molar-refractivity contribution in [2.75, 3.05) is 11.5 Å². The monoisotopic (exact) mass is 481 g/mol. The minimum atomic E-state index is -4.71. The average Bonchev–Trinajstić information content (AvgIpc) is 3.16. The second kappa shape index (κ2) is 9.93. The smallest absolute Gasteiger partial charge is 0.406 e. The van der Waals surface area contributed by atoms with Crippen LogP contribution >= 0.6 is 23.4 Å². The third-order valence-electron chi connectivity index (χ3n) is 4.25. The summed E-state index contributed by atoms with van der Waals surface area (Å²) in [6.45, 7) is -0.645. The second-order valence-electron chi connectivity index (χ2n) is 6.48. The lowest BCUT2D eigenvalue weighted by molar-refractivity contribution is -0.139. The molecule has 0 saturated carbocycles. The molecule has 166 valence electrons. The molecule has 1 aromatic heterocycles. The standard InChI is InChI=1S/C20H15ClF3N5O2S/c21-15-3-1-2-4-16(15)32-11-18(30)29(10-17-27-28-19(26)31-17)9-13-6-5-12(8-25)7-14(13)20(22,23)24/h1-7H,9-11H2,(H2,26,28). The first-order chi connectivity index (χ1) is 15.2. The highest BCUT2D eigenvalue weighted by atomic mass is 35.5. The number of carbonyl (C=O) groups excluding carboxylic acids is 1. The number of nitriles is 1. The average molecular weight is 482 g/mol. The van der Waals surface area contributed by atoms with Crippen LogP contribution in [0.1, 0.15) is 22.6 Å². The van der Waals surface area contributed by atoms with Gasteiger partial charge in [-0.05, 0) is 29.8 Å². The van der Waals surface area contributed by atoms with E-state index in [0.717, 1.165) is 22.7 Å². The zero-order valence-electron chi connectivity index (χ0n) is 16.3. The molecular weight excluding hydrogens is 467 g/mol. The molecule has 2 aromatic carbocycles. The van der Waals surface area contributed by atoms with Crippen LogP contribution in [0.3, 0.4) is 0 Å². The molecule has 32 heavy (non-hydrogen) atoms. The van der Waals surface area contributed by atoms with Gasteiger partial charge in [-0.15, -0.1) is 16.9 Å². The number of aromatic nitrogens is 2. The normalized spacial score (nSPS) is 11.2. The molecule has 3 rings (SSSR count). The van der Waals surface area contributed by atoms with Gasteiger partial charge in [0.25, 0.3) is 0 Å². The Morgan fingerprint density at radius 3 is 2.59 bits per heavy atom. The summed E-state index contributed by atoms with van der Waals surface area (Å²) in [5.41, 5.74) is 4.08. The zero-order valence-corrected chi connectivity index (χ0v) is 17.8. The van der Waals surface area contributed by atoms with Gasteiger partial charge in [0.1, 0.15) is 0 Å². The van der Waals surface area contributed by atoms with Crippen LogP contribution < -0.4 is 5.73 Å². The Hall–Kier alpha value is -3.23. The number of hydrogen-bond donors (Lipinski definition) is 1. The van der Waals surface area contributed by atoms with E-state index in [1.807, 2.05) is 0 Å². The van der Waals surface area contributed by atoms with Crippen molar-refractivity contribution in [3.05, 3.63) is 70.1 Å². The molecule has 0 radical (unpaired) electrons. The Kier molecular flexibility index (Phi) is 7.27. The molecule has 0 aliphatic heterocycles. The number of amides is 1. The molecular formula is C20H15ClF3N5O2S. The maximum Gasteiger partial charge on any atom is 0.416 e. The molecule has 0 saturated heterocycles. The predicted octanol–water partition coefficient (Wildman–Crippen LogP) is 4.52. The van der Waals surface area contributed by atoms with Gasteiger partial charge in [-0.2, -0.15) is 18.4 Å². The van der Waals surface area contributed by atoms with Crippen molar-refractivity contribution in [2.45, 2.75) is 24.2 Å². The molecule has 0 fully saturated rings. The number of nitrogen functional groups attached to an aromatic ring is 1. The van der Waals surface area contributed by atoms with E-state index in [4.69, 9.17) is 27.0 Å². The minimum absolute atomic E-state index is 0.0270. The predicted molar refractivity (Wildman–Crippen MR) is 111 cm³/mol. The Morgan fingerprint density at radius 1 is 1.22 bits per heavy atom. The van der Waals surface area contributed by atoms with Crippen LogP contribution in [0.25, 0.3) is 0 Å². The van der Waals surface area contributed by atoms with Crippen molar-refractivity contribution < 1.29 is 22.4 Å². The van der Waals surface area contributed by atoms with Gasteiger partial charge in [0.2, 0.25) is 11.8 Å². The lowest BCUT2D eigenvalue weighted by Gasteiger charge is -2.23. The molecule has 0 atom stereocenters. The molecule has 0 bridgehead atoms. The fourth-order valence-corrected chi connectivity index (χ4v) is 3.91. The molecule has 7 nitrogen and oxygen atoms in total. The molecule has 0 spiro atoms. The topological polar surface area (TPSA) is 109 Å². The SMILES string of the molecule is N#Cc1ccc(CN(Cc2nnc(N)o2)C(=O)CSc2ccccc2Cl)c(C(F)(F)F)c1. The van der Waals surface area contributed by atoms with E-state index < -0.39 is 24.2 Å². The number of halogens is 4. The van der Waals surface area contributed by atoms with Crippen LogP contribution in [0.2, 0.25) is 5.02 Å². The fraction of sp³-hybridized carbons (Fsp3) is 0.200. The minimum Gasteiger partial charge on any atom is -0.406 e. The quantitative estimate of drug-likeness (QED) is 0.494. The van der Waals surface area contributed by atoms with Crippen LogP contribution in [-0.2, 0) is 24.1 Å². The summed E-state index contributed by atoms with van der Waals surface area (Å²) in [6, 6.07) is 11.5. The van der Waals surface area contributed by atoms with Crippen molar-refractivity contribution in [2.24, 2.45) is 0 Å². The summed E-state index contributed by atoms with van der Waals surface area (Å²) in [6.07, 6.45) is -4.71. The second-order valence-corrected chi connectivity index (χ2v) is 7.91. The molecule has 12 heteroatoms. The summed E-state index contributed by atoms with van der Waals surface area (Å²) in [7, 11) is 0. The third kappa shape index (κ3) is 5.93. The number of carbonyl (C=O) groups is 1. The Morgan fingerprint density at radius 2 is 1.97 bits per heavy atom. The Balaban J connectivity index is 1.87. The van der Waals surface area contributed by atoms with E-state index in [1.165, 1.54) is 12.1 Å². The van der Waals surface area contributed by atoms with Crippen LogP contribution in [-0.4, -0.2) is 26.8 Å². The molecule has 1 amide bonds. The van der Waals surface area contributed by atoms with Gasteiger partial charge in [-0.1, -0.05) is 34.9 Å². The number of nitrogens with two attached hydrogens (primary N) is 1. The van der Waals surface area contributed by atoms with Gasteiger partial charge >= 0.3 is 12.2 Å². The van der Waals surface area contributed by atoms with Crippen molar-refractivity contribution in [1.82, 2.24) is 15.1 Å². The number of nitrogens with zero attached hydrogens (tertiary/aromatic N) is 4. The first-order valence-electron chi connectivity index (χ1n) is 9.00. The number of hydrogen-bond acceptors (Lipinski definition) is 7. The number of rotatable bonds is 7. The lowest BCUT2D eigenvalue weighted by atomic mass is 10.0. The first-order valence-corrected chi connectivity index (χ1v) is 10.4. The zero-order chi connectivity index (χ0) is 23.3. The van der Waals surface area contributed by atoms with Crippen LogP contribution in [0.5, 0.6) is 0 Å². The number of anilines is 1. The molecule has 0 aliphatic carbocycles. The third-order valence-corrected chi connectivity index (χ3v) is 5.75. The van der Waals surface area contributed by atoms with Gasteiger partial charge < -0.3 is 15.1 Å². The van der Waals surface area contributed by atoms with E-state index in [0.29, 0.717) is 9.92 Å². The highest BCUT2D eigenvalue weighted by Gasteiger charge is 2.34. The van der Waals surface area contributed by atoms with Crippen molar-refractivity contribution in [3.8, 4) is 6.07 Å². The highest BCUT2D eigenvalue weighted by Crippen LogP contribution is 2.34. The lowest BCUT2D eigenvalue weighted by Crippen LogP contribution is -2.32. The van der Waals surface area contributed by atoms with E-state index >= 15 is 0 Å². The molecule has 1 heterocycles. The summed E-state index contributed by atoms with van der Waals surface area (Å²) in [5.74, 6) is -0.602. The molecule has 0 unspecified atom stereocenters. The molecule has 3 aromatic rings. The van der Waals surface area contributed by atoms with E-state index in [1.54, 1.807) is 30.3 Å². The van der Waals surface area contributed by atoms with Gasteiger partial charge in [-0.3, -0.25) is 4.79 Å². The van der Waals surface area contributed by atoms with Crippen LogP contribution in [0.4, 0.5) is 19.2 Å². The van der Waals surface area contributed by atoms with Crippen molar-refractivity contribution in [3.63, 3.8) is 0 Å². The maximum atomic E-state index is 13.6. The Labute approximate surface area is 190 Å². The van der Waals surface area contributed by atoms with Gasteiger partial charge in [-0.25, -0.2) is 0 Å². The van der Waals surface area contributed by atoms with Crippen LogP contribution in [0.15, 0.2) is 51.8 Å². The maximum absolute atomic E-state index is 13.6. The van der Waals surface area contributed by atoms with Crippen molar-refractivity contribution >= 4 is 35.3 Å². The van der Waals surface area contributed by atoms with Crippen LogP contribution in [0, 0.1) is 11.3 Å². The van der Waals surface area contributed by atoms with E-state index in [2.05, 4.69) is 10.2 Å². The fourth-order valence-electron chi connectivity index (χ4n) is 2.77. The summed E-state index contributed by atoms with van der Waals surface area (Å²) in [5, 5.41) is 16.6. The first kappa shape index (κ1) is 23.4. The number of benzene rings is 2. The summed E-state index contributed by atoms with van der Waals surface area (Å²) < 4.78 is 45.8. The highest BCUT2D eigenvalue weighted by molar-refractivity contribution is 8.00. The van der Waals surface area contributed by atoms with Gasteiger partial charge in [0, 0.05) is 11.4 Å². The summed E-state index contributed by atoms with van der Waals surface area (Å²) >= 11 is 7.25. The largest absolute Gasteiger partial charge is 0.416 e. The molecule has 2 N–H and O–H groups in total. The Bertz CT molecular complexity index is 1160. The number of thioether (sulfide) groups is 1. The van der Waals surface area contributed by atoms with Gasteiger partial charge in [0.05, 0.1) is 34.5 Å². The van der Waals surface area contributed by atoms with E-state index in [-0.39, 0.29) is 35.3 Å².